The van der Waals surface area contributed by atoms with Crippen LogP contribution in [0.2, 0.25) is 6.82 Å². The van der Waals surface area contributed by atoms with Crippen molar-refractivity contribution in [2.24, 2.45) is 0 Å². The van der Waals surface area contributed by atoms with Crippen molar-refractivity contribution in [2.45, 2.75) is 20.2 Å². The Labute approximate surface area is 82.0 Å². The molecule has 0 spiro atoms. The Kier molecular flexibility index (Phi) is 3.64. The summed E-state index contributed by atoms with van der Waals surface area (Å²) in [7, 11) is 0. The molecule has 0 radical (unpaired) electrons. The number of esters is 1. The van der Waals surface area contributed by atoms with Crippen molar-refractivity contribution in [3.8, 4) is 0 Å². The van der Waals surface area contributed by atoms with Crippen LogP contribution < -0.4 is 0 Å². The number of hydrogen-bond acceptors (Lipinski definition) is 5. The molecule has 0 aromatic carbocycles. The van der Waals surface area contributed by atoms with Crippen LogP contribution in [0.3, 0.4) is 0 Å². The Hall–Kier alpha value is -1.37. The number of aromatic nitrogens is 3. The Bertz CT molecular complexity index is 313. The molecule has 0 aliphatic carbocycles. The summed E-state index contributed by atoms with van der Waals surface area (Å²) in [5, 5.41) is 16.3. The molecule has 0 fully saturated rings. The lowest BCUT2D eigenvalue weighted by Crippen LogP contribution is -2.17. The van der Waals surface area contributed by atoms with E-state index in [0.717, 1.165) is 0 Å². The van der Waals surface area contributed by atoms with E-state index >= 15 is 0 Å². The van der Waals surface area contributed by atoms with Crippen molar-refractivity contribution in [3.05, 3.63) is 11.9 Å². The summed E-state index contributed by atoms with van der Waals surface area (Å²) in [4.78, 5) is 11.1. The van der Waals surface area contributed by atoms with Gasteiger partial charge in [-0.15, -0.1) is 5.10 Å². The zero-order valence-electron chi connectivity index (χ0n) is 8.17. The van der Waals surface area contributed by atoms with Gasteiger partial charge in [-0.1, -0.05) is 12.0 Å². The molecule has 0 saturated carbocycles. The molecule has 0 aliphatic rings. The van der Waals surface area contributed by atoms with Gasteiger partial charge in [0.25, 0.3) is 0 Å². The van der Waals surface area contributed by atoms with E-state index in [1.54, 1.807) is 13.7 Å². The molecule has 0 unspecified atom stereocenters. The first-order valence-corrected chi connectivity index (χ1v) is 4.38. The Balaban J connectivity index is 2.63. The second-order valence-corrected chi connectivity index (χ2v) is 2.90. The summed E-state index contributed by atoms with van der Waals surface area (Å²) in [5.41, 5.74) is 0.160. The number of nitrogens with zero attached hydrogens (tertiary/aromatic N) is 3. The zero-order valence-corrected chi connectivity index (χ0v) is 8.17. The van der Waals surface area contributed by atoms with Gasteiger partial charge in [0.1, 0.15) is 0 Å². The molecule has 1 heterocycles. The van der Waals surface area contributed by atoms with Gasteiger partial charge >= 0.3 is 12.9 Å². The third-order valence-corrected chi connectivity index (χ3v) is 1.47. The van der Waals surface area contributed by atoms with Gasteiger partial charge in [-0.25, -0.2) is 4.79 Å². The second kappa shape index (κ2) is 4.76. The fourth-order valence-electron chi connectivity index (χ4n) is 0.957. The Morgan fingerprint density at radius 1 is 1.79 bits per heavy atom. The highest BCUT2D eigenvalue weighted by Gasteiger charge is 2.12. The van der Waals surface area contributed by atoms with Crippen molar-refractivity contribution in [1.82, 2.24) is 15.0 Å². The molecule has 0 aliphatic heterocycles. The molecule has 76 valence electrons. The van der Waals surface area contributed by atoms with E-state index in [4.69, 9.17) is 9.76 Å². The summed E-state index contributed by atoms with van der Waals surface area (Å²) in [5.74, 6) is -0.496. The minimum Gasteiger partial charge on any atom is -0.461 e. The van der Waals surface area contributed by atoms with E-state index < -0.39 is 12.9 Å². The van der Waals surface area contributed by atoms with Crippen LogP contribution in [-0.4, -0.2) is 39.5 Å². The average Bonchev–Trinajstić information content (AvgIpc) is 2.52. The lowest BCUT2D eigenvalue weighted by Gasteiger charge is -1.97. The van der Waals surface area contributed by atoms with Crippen molar-refractivity contribution in [2.75, 3.05) is 6.61 Å². The topological polar surface area (TPSA) is 77.2 Å². The van der Waals surface area contributed by atoms with Crippen LogP contribution >= 0.6 is 0 Å². The van der Waals surface area contributed by atoms with E-state index in [9.17, 15) is 4.79 Å². The predicted octanol–water partition coefficient (Wildman–Crippen LogP) is -0.392. The number of ether oxygens (including phenoxy) is 1. The molecule has 1 rings (SSSR count). The van der Waals surface area contributed by atoms with Gasteiger partial charge in [0.2, 0.25) is 0 Å². The highest BCUT2D eigenvalue weighted by Crippen LogP contribution is 1.96. The average molecular weight is 197 g/mol. The van der Waals surface area contributed by atoms with Gasteiger partial charge in [-0.3, -0.25) is 4.68 Å². The van der Waals surface area contributed by atoms with Gasteiger partial charge in [0, 0.05) is 6.44 Å². The van der Waals surface area contributed by atoms with Crippen molar-refractivity contribution in [3.63, 3.8) is 0 Å². The standard InChI is InChI=1S/C7H12BN3O3/c1-3-14-7(12)6-4-11(10-9-6)5-8(2)13/h4,13H,3,5H2,1-2H3. The number of hydrogen-bond donors (Lipinski definition) is 1. The quantitative estimate of drug-likeness (QED) is 0.525. The van der Waals surface area contributed by atoms with E-state index in [1.807, 2.05) is 0 Å². The van der Waals surface area contributed by atoms with Crippen molar-refractivity contribution >= 4 is 12.9 Å². The lowest BCUT2D eigenvalue weighted by molar-refractivity contribution is 0.0519. The molecular weight excluding hydrogens is 185 g/mol. The Morgan fingerprint density at radius 3 is 3.07 bits per heavy atom. The summed E-state index contributed by atoms with van der Waals surface area (Å²) < 4.78 is 6.13. The summed E-state index contributed by atoms with van der Waals surface area (Å²) in [6, 6.07) is 0. The SMILES string of the molecule is CCOC(=O)c1cn(CB(C)O)nn1. The van der Waals surface area contributed by atoms with E-state index in [-0.39, 0.29) is 5.69 Å². The van der Waals surface area contributed by atoms with Crippen LogP contribution in [0.25, 0.3) is 0 Å². The van der Waals surface area contributed by atoms with Gasteiger partial charge < -0.3 is 9.76 Å². The normalized spacial score (nSPS) is 9.93. The van der Waals surface area contributed by atoms with Crippen LogP contribution in [0.1, 0.15) is 17.4 Å². The van der Waals surface area contributed by atoms with Gasteiger partial charge in [0.15, 0.2) is 5.69 Å². The molecule has 14 heavy (non-hydrogen) atoms. The van der Waals surface area contributed by atoms with Crippen LogP contribution in [0.4, 0.5) is 0 Å². The van der Waals surface area contributed by atoms with Crippen LogP contribution in [0.15, 0.2) is 6.20 Å². The van der Waals surface area contributed by atoms with Gasteiger partial charge in [0.05, 0.1) is 12.8 Å². The fraction of sp³-hybridized carbons (Fsp3) is 0.571. The molecule has 7 heteroatoms. The smallest absolute Gasteiger partial charge is 0.360 e. The molecule has 0 atom stereocenters. The van der Waals surface area contributed by atoms with Crippen molar-refractivity contribution in [1.29, 1.82) is 0 Å². The summed E-state index contributed by atoms with van der Waals surface area (Å²) >= 11 is 0. The molecule has 1 aromatic heterocycles. The molecular formula is C7H12BN3O3. The fourth-order valence-corrected chi connectivity index (χ4v) is 0.957. The monoisotopic (exact) mass is 197 g/mol. The maximum Gasteiger partial charge on any atom is 0.360 e. The first kappa shape index (κ1) is 10.7. The second-order valence-electron chi connectivity index (χ2n) is 2.90. The largest absolute Gasteiger partial charge is 0.461 e. The highest BCUT2D eigenvalue weighted by molar-refractivity contribution is 6.47. The molecule has 0 amide bonds. The maximum absolute atomic E-state index is 11.1. The van der Waals surface area contributed by atoms with E-state index in [2.05, 4.69) is 10.3 Å². The first-order valence-electron chi connectivity index (χ1n) is 4.38. The Morgan fingerprint density at radius 2 is 2.50 bits per heavy atom. The molecule has 1 aromatic rings. The van der Waals surface area contributed by atoms with Crippen molar-refractivity contribution < 1.29 is 14.6 Å². The maximum atomic E-state index is 11.1. The zero-order chi connectivity index (χ0) is 10.6. The first-order chi connectivity index (χ1) is 6.63. The van der Waals surface area contributed by atoms with Gasteiger partial charge in [-0.2, -0.15) is 0 Å². The highest BCUT2D eigenvalue weighted by atomic mass is 16.5. The minimum atomic E-state index is -0.522. The summed E-state index contributed by atoms with van der Waals surface area (Å²) in [6.45, 7) is 3.14. The van der Waals surface area contributed by atoms with Crippen LogP contribution in [-0.2, 0) is 11.2 Å². The van der Waals surface area contributed by atoms with Gasteiger partial charge in [-0.05, 0) is 6.92 Å². The van der Waals surface area contributed by atoms with E-state index in [1.165, 1.54) is 10.9 Å². The lowest BCUT2D eigenvalue weighted by atomic mass is 9.72. The number of carbonyl (C=O) groups is 1. The molecule has 0 bridgehead atoms. The predicted molar refractivity (Wildman–Crippen MR) is 49.8 cm³/mol. The number of rotatable bonds is 4. The van der Waals surface area contributed by atoms with Crippen LogP contribution in [0.5, 0.6) is 0 Å². The minimum absolute atomic E-state index is 0.160. The third kappa shape index (κ3) is 2.84. The molecule has 1 N–H and O–H groups in total. The van der Waals surface area contributed by atoms with E-state index in [0.29, 0.717) is 13.1 Å². The van der Waals surface area contributed by atoms with Crippen LogP contribution in [0, 0.1) is 0 Å². The third-order valence-electron chi connectivity index (χ3n) is 1.47. The molecule has 0 saturated heterocycles. The molecule has 6 nitrogen and oxygen atoms in total. The summed E-state index contributed by atoms with van der Waals surface area (Å²) in [6.07, 6.45) is 1.76. The number of carbonyl (C=O) groups excluding carboxylic acids is 1.